The molecule has 3 nitrogen and oxygen atoms in total. The zero-order chi connectivity index (χ0) is 14.7. The number of fused-ring (bicyclic) bond motifs is 1. The van der Waals surface area contributed by atoms with Gasteiger partial charge in [0.25, 0.3) is 0 Å². The molecule has 3 rings (SSSR count). The Morgan fingerprint density at radius 1 is 1.14 bits per heavy atom. The molecule has 3 heteroatoms. The smallest absolute Gasteiger partial charge is 0.152 e. The third-order valence-electron chi connectivity index (χ3n) is 3.73. The van der Waals surface area contributed by atoms with E-state index in [-0.39, 0.29) is 0 Å². The highest BCUT2D eigenvalue weighted by Crippen LogP contribution is 2.25. The van der Waals surface area contributed by atoms with Gasteiger partial charge in [-0.1, -0.05) is 30.3 Å². The van der Waals surface area contributed by atoms with E-state index in [0.717, 1.165) is 35.9 Å². The van der Waals surface area contributed by atoms with E-state index in [2.05, 4.69) is 16.7 Å². The maximum atomic E-state index is 11.3. The lowest BCUT2D eigenvalue weighted by Gasteiger charge is -2.06. The minimum absolute atomic E-state index is 0.706. The van der Waals surface area contributed by atoms with Gasteiger partial charge in [-0.05, 0) is 30.2 Å². The number of ether oxygens (including phenoxy) is 1. The number of carbonyl (C=O) groups is 1. The summed E-state index contributed by atoms with van der Waals surface area (Å²) in [5, 5.41) is 0.942. The molecule has 0 spiro atoms. The molecule has 21 heavy (non-hydrogen) atoms. The standard InChI is InChI=1S/C18H17NO2/c1-21-16-7-8-18-17(11-16)15(13-20)12-19(18)10-9-14-5-3-2-4-6-14/h2-8,11-13H,9-10H2,1H3. The number of hydrogen-bond donors (Lipinski definition) is 0. The molecule has 0 fully saturated rings. The van der Waals surface area contributed by atoms with Crippen LogP contribution in [-0.2, 0) is 13.0 Å². The third-order valence-corrected chi connectivity index (χ3v) is 3.73. The number of carbonyl (C=O) groups excluding carboxylic acids is 1. The van der Waals surface area contributed by atoms with Crippen LogP contribution in [0.3, 0.4) is 0 Å². The summed E-state index contributed by atoms with van der Waals surface area (Å²) < 4.78 is 7.37. The fraction of sp³-hybridized carbons (Fsp3) is 0.167. The predicted octanol–water partition coefficient (Wildman–Crippen LogP) is 3.71. The van der Waals surface area contributed by atoms with Gasteiger partial charge in [0.2, 0.25) is 0 Å². The van der Waals surface area contributed by atoms with Gasteiger partial charge in [0.1, 0.15) is 5.75 Å². The number of benzene rings is 2. The molecule has 0 aliphatic rings. The molecular weight excluding hydrogens is 262 g/mol. The molecular formula is C18H17NO2. The van der Waals surface area contributed by atoms with Crippen molar-refractivity contribution in [2.45, 2.75) is 13.0 Å². The Morgan fingerprint density at radius 2 is 1.95 bits per heavy atom. The molecule has 2 aromatic carbocycles. The second kappa shape index (κ2) is 5.83. The fourth-order valence-corrected chi connectivity index (χ4v) is 2.60. The largest absolute Gasteiger partial charge is 0.497 e. The number of nitrogens with zero attached hydrogens (tertiary/aromatic N) is 1. The molecule has 3 aromatic rings. The number of aromatic nitrogens is 1. The number of aldehydes is 1. The average molecular weight is 279 g/mol. The van der Waals surface area contributed by atoms with Crippen molar-refractivity contribution in [3.05, 3.63) is 65.9 Å². The third kappa shape index (κ3) is 2.68. The Kier molecular flexibility index (Phi) is 3.73. The van der Waals surface area contributed by atoms with Crippen molar-refractivity contribution in [2.24, 2.45) is 0 Å². The van der Waals surface area contributed by atoms with Crippen LogP contribution in [0.25, 0.3) is 10.9 Å². The Bertz CT molecular complexity index is 759. The molecule has 0 radical (unpaired) electrons. The van der Waals surface area contributed by atoms with Crippen molar-refractivity contribution in [1.82, 2.24) is 4.57 Å². The molecule has 0 N–H and O–H groups in total. The van der Waals surface area contributed by atoms with Crippen LogP contribution in [0, 0.1) is 0 Å². The van der Waals surface area contributed by atoms with Gasteiger partial charge in [-0.2, -0.15) is 0 Å². The summed E-state index contributed by atoms with van der Waals surface area (Å²) in [5.41, 5.74) is 3.06. The van der Waals surface area contributed by atoms with Gasteiger partial charge < -0.3 is 9.30 Å². The molecule has 0 saturated carbocycles. The quantitative estimate of drug-likeness (QED) is 0.667. The minimum Gasteiger partial charge on any atom is -0.497 e. The zero-order valence-corrected chi connectivity index (χ0v) is 12.0. The van der Waals surface area contributed by atoms with Gasteiger partial charge in [0.05, 0.1) is 7.11 Å². The molecule has 0 bridgehead atoms. The summed E-state index contributed by atoms with van der Waals surface area (Å²) in [6.07, 6.45) is 3.76. The number of rotatable bonds is 5. The Morgan fingerprint density at radius 3 is 2.67 bits per heavy atom. The molecule has 0 atom stereocenters. The van der Waals surface area contributed by atoms with E-state index in [4.69, 9.17) is 4.74 Å². The Balaban J connectivity index is 1.93. The van der Waals surface area contributed by atoms with Crippen LogP contribution < -0.4 is 4.74 Å². The highest BCUT2D eigenvalue weighted by atomic mass is 16.5. The van der Waals surface area contributed by atoms with Gasteiger partial charge in [0.15, 0.2) is 6.29 Å². The minimum atomic E-state index is 0.706. The van der Waals surface area contributed by atoms with Crippen LogP contribution in [0.2, 0.25) is 0 Å². The first-order chi connectivity index (χ1) is 10.3. The van der Waals surface area contributed by atoms with Crippen molar-refractivity contribution in [3.8, 4) is 5.75 Å². The van der Waals surface area contributed by atoms with Crippen molar-refractivity contribution in [3.63, 3.8) is 0 Å². The van der Waals surface area contributed by atoms with Crippen molar-refractivity contribution < 1.29 is 9.53 Å². The lowest BCUT2D eigenvalue weighted by Crippen LogP contribution is -1.99. The molecule has 1 heterocycles. The second-order valence-electron chi connectivity index (χ2n) is 5.01. The second-order valence-corrected chi connectivity index (χ2v) is 5.01. The van der Waals surface area contributed by atoms with E-state index in [0.29, 0.717) is 5.56 Å². The molecule has 0 saturated heterocycles. The van der Waals surface area contributed by atoms with Crippen LogP contribution in [-0.4, -0.2) is 18.0 Å². The molecule has 0 aliphatic heterocycles. The van der Waals surface area contributed by atoms with Crippen LogP contribution in [0.1, 0.15) is 15.9 Å². The molecule has 0 amide bonds. The number of methoxy groups -OCH3 is 1. The van der Waals surface area contributed by atoms with Gasteiger partial charge in [0, 0.05) is 29.2 Å². The maximum absolute atomic E-state index is 11.3. The lowest BCUT2D eigenvalue weighted by molar-refractivity contribution is 0.112. The first-order valence-corrected chi connectivity index (χ1v) is 6.98. The van der Waals surface area contributed by atoms with Crippen molar-refractivity contribution >= 4 is 17.2 Å². The van der Waals surface area contributed by atoms with Gasteiger partial charge >= 0.3 is 0 Å². The monoisotopic (exact) mass is 279 g/mol. The predicted molar refractivity (Wildman–Crippen MR) is 84.0 cm³/mol. The van der Waals surface area contributed by atoms with Crippen LogP contribution >= 0.6 is 0 Å². The van der Waals surface area contributed by atoms with Gasteiger partial charge in [-0.3, -0.25) is 4.79 Å². The Labute approximate surface area is 123 Å². The highest BCUT2D eigenvalue weighted by molar-refractivity contribution is 5.98. The van der Waals surface area contributed by atoms with E-state index in [1.54, 1.807) is 7.11 Å². The lowest BCUT2D eigenvalue weighted by atomic mass is 10.1. The Hall–Kier alpha value is -2.55. The van der Waals surface area contributed by atoms with Crippen LogP contribution in [0.5, 0.6) is 5.75 Å². The summed E-state index contributed by atoms with van der Waals surface area (Å²) in [6, 6.07) is 16.2. The van der Waals surface area contributed by atoms with Crippen molar-refractivity contribution in [2.75, 3.05) is 7.11 Å². The van der Waals surface area contributed by atoms with Crippen molar-refractivity contribution in [1.29, 1.82) is 0 Å². The first kappa shape index (κ1) is 13.4. The molecule has 106 valence electrons. The van der Waals surface area contributed by atoms with E-state index >= 15 is 0 Å². The zero-order valence-electron chi connectivity index (χ0n) is 12.0. The number of hydrogen-bond acceptors (Lipinski definition) is 2. The van der Waals surface area contributed by atoms with Crippen LogP contribution in [0.15, 0.2) is 54.7 Å². The van der Waals surface area contributed by atoms with E-state index < -0.39 is 0 Å². The van der Waals surface area contributed by atoms with Gasteiger partial charge in [-0.15, -0.1) is 0 Å². The summed E-state index contributed by atoms with van der Waals surface area (Å²) in [7, 11) is 1.63. The normalized spacial score (nSPS) is 10.7. The first-order valence-electron chi connectivity index (χ1n) is 6.98. The number of aryl methyl sites for hydroxylation is 2. The molecule has 0 aliphatic carbocycles. The maximum Gasteiger partial charge on any atom is 0.152 e. The molecule has 0 unspecified atom stereocenters. The van der Waals surface area contributed by atoms with E-state index in [9.17, 15) is 4.79 Å². The van der Waals surface area contributed by atoms with E-state index in [1.807, 2.05) is 42.6 Å². The highest BCUT2D eigenvalue weighted by Gasteiger charge is 2.09. The topological polar surface area (TPSA) is 31.2 Å². The van der Waals surface area contributed by atoms with Crippen LogP contribution in [0.4, 0.5) is 0 Å². The average Bonchev–Trinajstić information content (AvgIpc) is 2.91. The fourth-order valence-electron chi connectivity index (χ4n) is 2.60. The summed E-state index contributed by atoms with van der Waals surface area (Å²) in [5.74, 6) is 0.770. The van der Waals surface area contributed by atoms with E-state index in [1.165, 1.54) is 5.56 Å². The van der Waals surface area contributed by atoms with Gasteiger partial charge in [-0.25, -0.2) is 0 Å². The SMILES string of the molecule is COc1ccc2c(c1)c(C=O)cn2CCc1ccccc1. The summed E-state index contributed by atoms with van der Waals surface area (Å²) in [6.45, 7) is 0.848. The summed E-state index contributed by atoms with van der Waals surface area (Å²) in [4.78, 5) is 11.3. The molecule has 1 aromatic heterocycles. The summed E-state index contributed by atoms with van der Waals surface area (Å²) >= 11 is 0.